The Hall–Kier alpha value is -0.480. The van der Waals surface area contributed by atoms with Gasteiger partial charge in [0.15, 0.2) is 0 Å². The average Bonchev–Trinajstić information content (AvgIpc) is 2.00. The molecule has 0 saturated carbocycles. The Morgan fingerprint density at radius 3 is 2.42 bits per heavy atom. The molecule has 0 aromatic heterocycles. The highest BCUT2D eigenvalue weighted by Gasteiger charge is 2.00. The van der Waals surface area contributed by atoms with Crippen LogP contribution >= 0.6 is 0 Å². The lowest BCUT2D eigenvalue weighted by Gasteiger charge is -2.12. The zero-order valence-electron chi connectivity index (χ0n) is 8.56. The number of hydrogen-bond acceptors (Lipinski definition) is 1. The SMILES string of the molecule is C#CCCC(C)CNCC(C)C. The molecule has 1 N–H and O–H groups in total. The predicted octanol–water partition coefficient (Wildman–Crippen LogP) is 2.28. The number of hydrogen-bond donors (Lipinski definition) is 1. The zero-order valence-corrected chi connectivity index (χ0v) is 8.56. The van der Waals surface area contributed by atoms with Crippen molar-refractivity contribution in [1.82, 2.24) is 5.32 Å². The highest BCUT2D eigenvalue weighted by molar-refractivity contribution is 4.83. The second kappa shape index (κ2) is 7.18. The van der Waals surface area contributed by atoms with Gasteiger partial charge in [-0.1, -0.05) is 20.8 Å². The second-order valence-corrected chi connectivity index (χ2v) is 3.90. The molecule has 0 aliphatic heterocycles. The molecule has 0 aliphatic carbocycles. The summed E-state index contributed by atoms with van der Waals surface area (Å²) in [6, 6.07) is 0. The van der Waals surface area contributed by atoms with Crippen molar-refractivity contribution in [2.75, 3.05) is 13.1 Å². The first-order valence-corrected chi connectivity index (χ1v) is 4.81. The smallest absolute Gasteiger partial charge is 0.00890 e. The van der Waals surface area contributed by atoms with E-state index in [9.17, 15) is 0 Å². The Kier molecular flexibility index (Phi) is 6.90. The summed E-state index contributed by atoms with van der Waals surface area (Å²) in [4.78, 5) is 0. The molecule has 1 unspecified atom stereocenters. The van der Waals surface area contributed by atoms with E-state index >= 15 is 0 Å². The average molecular weight is 167 g/mol. The molecule has 70 valence electrons. The zero-order chi connectivity index (χ0) is 9.40. The van der Waals surface area contributed by atoms with Crippen molar-refractivity contribution in [2.45, 2.75) is 33.6 Å². The maximum atomic E-state index is 5.18. The fourth-order valence-corrected chi connectivity index (χ4v) is 1.05. The monoisotopic (exact) mass is 167 g/mol. The lowest BCUT2D eigenvalue weighted by Crippen LogP contribution is -2.25. The Morgan fingerprint density at radius 1 is 1.25 bits per heavy atom. The summed E-state index contributed by atoms with van der Waals surface area (Å²) >= 11 is 0. The first kappa shape index (κ1) is 11.5. The van der Waals surface area contributed by atoms with Gasteiger partial charge in [-0.15, -0.1) is 12.3 Å². The molecular formula is C11H21N. The Labute approximate surface area is 76.9 Å². The van der Waals surface area contributed by atoms with Crippen LogP contribution in [0.3, 0.4) is 0 Å². The molecule has 12 heavy (non-hydrogen) atoms. The van der Waals surface area contributed by atoms with E-state index in [1.807, 2.05) is 0 Å². The van der Waals surface area contributed by atoms with E-state index in [0.717, 1.165) is 31.8 Å². The molecule has 0 aliphatic rings. The molecule has 0 radical (unpaired) electrons. The molecule has 0 bridgehead atoms. The van der Waals surface area contributed by atoms with Gasteiger partial charge in [-0.3, -0.25) is 0 Å². The third-order valence-electron chi connectivity index (χ3n) is 1.83. The van der Waals surface area contributed by atoms with Crippen LogP contribution in [0.25, 0.3) is 0 Å². The standard InChI is InChI=1S/C11H21N/c1-5-6-7-11(4)9-12-8-10(2)3/h1,10-12H,6-9H2,2-4H3. The van der Waals surface area contributed by atoms with Crippen LogP contribution in [0.1, 0.15) is 33.6 Å². The molecule has 0 amide bonds. The van der Waals surface area contributed by atoms with Gasteiger partial charge < -0.3 is 5.32 Å². The molecule has 0 rings (SSSR count). The third-order valence-corrected chi connectivity index (χ3v) is 1.83. The van der Waals surface area contributed by atoms with Crippen molar-refractivity contribution < 1.29 is 0 Å². The van der Waals surface area contributed by atoms with Crippen molar-refractivity contribution in [3.8, 4) is 12.3 Å². The predicted molar refractivity (Wildman–Crippen MR) is 54.9 cm³/mol. The minimum absolute atomic E-state index is 0.708. The van der Waals surface area contributed by atoms with E-state index in [2.05, 4.69) is 32.0 Å². The van der Waals surface area contributed by atoms with E-state index in [1.54, 1.807) is 0 Å². The van der Waals surface area contributed by atoms with Crippen LogP contribution in [-0.4, -0.2) is 13.1 Å². The molecule has 0 spiro atoms. The van der Waals surface area contributed by atoms with Crippen molar-refractivity contribution in [1.29, 1.82) is 0 Å². The maximum absolute atomic E-state index is 5.18. The fraction of sp³-hybridized carbons (Fsp3) is 0.818. The highest BCUT2D eigenvalue weighted by Crippen LogP contribution is 2.02. The molecule has 1 heteroatoms. The van der Waals surface area contributed by atoms with E-state index in [0.29, 0.717) is 5.92 Å². The van der Waals surface area contributed by atoms with Gasteiger partial charge >= 0.3 is 0 Å². The molecule has 0 heterocycles. The summed E-state index contributed by atoms with van der Waals surface area (Å²) in [6.45, 7) is 8.89. The normalized spacial score (nSPS) is 12.9. The number of terminal acetylenes is 1. The summed E-state index contributed by atoms with van der Waals surface area (Å²) in [6.07, 6.45) is 7.23. The topological polar surface area (TPSA) is 12.0 Å². The molecule has 0 aromatic rings. The van der Waals surface area contributed by atoms with Gasteiger partial charge in [0.1, 0.15) is 0 Å². The number of rotatable bonds is 6. The quantitative estimate of drug-likeness (QED) is 0.598. The summed E-state index contributed by atoms with van der Waals surface area (Å²) in [5.41, 5.74) is 0. The van der Waals surface area contributed by atoms with Crippen molar-refractivity contribution in [3.05, 3.63) is 0 Å². The van der Waals surface area contributed by atoms with Crippen LogP contribution in [0.15, 0.2) is 0 Å². The molecule has 0 fully saturated rings. The summed E-state index contributed by atoms with van der Waals surface area (Å²) in [5, 5.41) is 3.42. The van der Waals surface area contributed by atoms with Crippen molar-refractivity contribution in [3.63, 3.8) is 0 Å². The molecular weight excluding hydrogens is 146 g/mol. The van der Waals surface area contributed by atoms with Gasteiger partial charge in [0, 0.05) is 6.42 Å². The second-order valence-electron chi connectivity index (χ2n) is 3.90. The van der Waals surface area contributed by atoms with Crippen LogP contribution in [-0.2, 0) is 0 Å². The summed E-state index contributed by atoms with van der Waals surface area (Å²) in [7, 11) is 0. The van der Waals surface area contributed by atoms with E-state index in [4.69, 9.17) is 6.42 Å². The van der Waals surface area contributed by atoms with Crippen LogP contribution in [0, 0.1) is 24.2 Å². The lowest BCUT2D eigenvalue weighted by molar-refractivity contribution is 0.458. The Balaban J connectivity index is 3.20. The van der Waals surface area contributed by atoms with Gasteiger partial charge in [0.2, 0.25) is 0 Å². The molecule has 0 saturated heterocycles. The van der Waals surface area contributed by atoms with E-state index in [-0.39, 0.29) is 0 Å². The highest BCUT2D eigenvalue weighted by atomic mass is 14.9. The fourth-order valence-electron chi connectivity index (χ4n) is 1.05. The van der Waals surface area contributed by atoms with E-state index < -0.39 is 0 Å². The first-order chi connectivity index (χ1) is 5.66. The molecule has 1 nitrogen and oxygen atoms in total. The first-order valence-electron chi connectivity index (χ1n) is 4.81. The van der Waals surface area contributed by atoms with Crippen LogP contribution < -0.4 is 5.32 Å². The molecule has 0 aromatic carbocycles. The summed E-state index contributed by atoms with van der Waals surface area (Å²) in [5.74, 6) is 4.12. The number of nitrogens with one attached hydrogen (secondary N) is 1. The Morgan fingerprint density at radius 2 is 1.92 bits per heavy atom. The lowest BCUT2D eigenvalue weighted by atomic mass is 10.1. The van der Waals surface area contributed by atoms with E-state index in [1.165, 1.54) is 0 Å². The molecule has 1 atom stereocenters. The third kappa shape index (κ3) is 7.63. The van der Waals surface area contributed by atoms with Crippen molar-refractivity contribution >= 4 is 0 Å². The van der Waals surface area contributed by atoms with Crippen LogP contribution in [0.5, 0.6) is 0 Å². The van der Waals surface area contributed by atoms with Gasteiger partial charge in [-0.25, -0.2) is 0 Å². The van der Waals surface area contributed by atoms with Crippen LogP contribution in [0.2, 0.25) is 0 Å². The van der Waals surface area contributed by atoms with Gasteiger partial charge in [-0.05, 0) is 31.3 Å². The minimum atomic E-state index is 0.708. The summed E-state index contributed by atoms with van der Waals surface area (Å²) < 4.78 is 0. The minimum Gasteiger partial charge on any atom is -0.316 e. The van der Waals surface area contributed by atoms with Gasteiger partial charge in [0.05, 0.1) is 0 Å². The largest absolute Gasteiger partial charge is 0.316 e. The van der Waals surface area contributed by atoms with Crippen LogP contribution in [0.4, 0.5) is 0 Å². The van der Waals surface area contributed by atoms with Gasteiger partial charge in [-0.2, -0.15) is 0 Å². The van der Waals surface area contributed by atoms with Crippen molar-refractivity contribution in [2.24, 2.45) is 11.8 Å². The van der Waals surface area contributed by atoms with Gasteiger partial charge in [0.25, 0.3) is 0 Å². The maximum Gasteiger partial charge on any atom is 0.00890 e. The Bertz CT molecular complexity index is 132.